The zero-order valence-electron chi connectivity index (χ0n) is 9.72. The van der Waals surface area contributed by atoms with E-state index >= 15 is 0 Å². The maximum atomic E-state index is 13.9. The lowest BCUT2D eigenvalue weighted by atomic mass is 10.1. The minimum Gasteiger partial charge on any atom is -0.465 e. The summed E-state index contributed by atoms with van der Waals surface area (Å²) >= 11 is 4.20. The Kier molecular flexibility index (Phi) is 3.56. The second-order valence-electron chi connectivity index (χ2n) is 3.99. The molecular weight excluding hydrogens is 257 g/mol. The number of rotatable bonds is 2. The van der Waals surface area contributed by atoms with Gasteiger partial charge in [-0.3, -0.25) is 4.79 Å². The molecule has 1 fully saturated rings. The zero-order chi connectivity index (χ0) is 13.3. The van der Waals surface area contributed by atoms with Crippen LogP contribution in [0.5, 0.6) is 0 Å². The fraction of sp³-hybridized carbons (Fsp3) is 0.333. The molecule has 4 nitrogen and oxygen atoms in total. The highest BCUT2D eigenvalue weighted by Gasteiger charge is 2.33. The van der Waals surface area contributed by atoms with E-state index in [1.54, 1.807) is 0 Å². The van der Waals surface area contributed by atoms with Crippen molar-refractivity contribution in [1.29, 1.82) is 0 Å². The van der Waals surface area contributed by atoms with Crippen molar-refractivity contribution in [2.45, 2.75) is 11.7 Å². The van der Waals surface area contributed by atoms with Crippen LogP contribution in [0.3, 0.4) is 0 Å². The first kappa shape index (κ1) is 12.9. The second kappa shape index (κ2) is 4.97. The summed E-state index contributed by atoms with van der Waals surface area (Å²) < 4.78 is 18.5. The average molecular weight is 269 g/mol. The summed E-state index contributed by atoms with van der Waals surface area (Å²) in [4.78, 5) is 24.6. The summed E-state index contributed by atoms with van der Waals surface area (Å²) in [6, 6.07) is 4.05. The lowest BCUT2D eigenvalue weighted by Gasteiger charge is -2.19. The molecule has 0 bridgehead atoms. The molecule has 1 aromatic carbocycles. The molecule has 1 saturated heterocycles. The highest BCUT2D eigenvalue weighted by Crippen LogP contribution is 2.30. The SMILES string of the molecule is COC(=O)c1cccc(F)c1N1CC(S)CC1=O. The molecule has 18 heavy (non-hydrogen) atoms. The van der Waals surface area contributed by atoms with Crippen LogP contribution in [-0.4, -0.2) is 30.8 Å². The normalized spacial score (nSPS) is 19.2. The van der Waals surface area contributed by atoms with E-state index in [0.717, 1.165) is 0 Å². The minimum atomic E-state index is -0.667. The van der Waals surface area contributed by atoms with Gasteiger partial charge in [0.15, 0.2) is 0 Å². The minimum absolute atomic E-state index is 0.0223. The summed E-state index contributed by atoms with van der Waals surface area (Å²) in [5.74, 6) is -1.53. The number of carbonyl (C=O) groups excluding carboxylic acids is 2. The molecule has 0 radical (unpaired) electrons. The Morgan fingerprint density at radius 1 is 1.56 bits per heavy atom. The van der Waals surface area contributed by atoms with Crippen LogP contribution in [0.2, 0.25) is 0 Å². The second-order valence-corrected chi connectivity index (χ2v) is 4.72. The van der Waals surface area contributed by atoms with Crippen molar-refractivity contribution in [2.24, 2.45) is 0 Å². The van der Waals surface area contributed by atoms with Crippen LogP contribution in [0.15, 0.2) is 18.2 Å². The highest BCUT2D eigenvalue weighted by molar-refractivity contribution is 7.81. The van der Waals surface area contributed by atoms with Crippen molar-refractivity contribution in [3.8, 4) is 0 Å². The Morgan fingerprint density at radius 2 is 2.28 bits per heavy atom. The summed E-state index contributed by atoms with van der Waals surface area (Å²) in [5, 5.41) is -0.150. The fourth-order valence-corrected chi connectivity index (χ4v) is 2.29. The van der Waals surface area contributed by atoms with Gasteiger partial charge in [0.25, 0.3) is 0 Å². The third-order valence-electron chi connectivity index (χ3n) is 2.77. The largest absolute Gasteiger partial charge is 0.465 e. The number of anilines is 1. The molecule has 1 heterocycles. The Morgan fingerprint density at radius 3 is 2.83 bits per heavy atom. The standard InChI is InChI=1S/C12H12FNO3S/c1-17-12(16)8-3-2-4-9(13)11(8)14-6-7(18)5-10(14)15/h2-4,7,18H,5-6H2,1H3. The quantitative estimate of drug-likeness (QED) is 0.656. The molecule has 0 N–H and O–H groups in total. The molecular formula is C12H12FNO3S. The Hall–Kier alpha value is -1.56. The number of halogens is 1. The Bertz CT molecular complexity index is 506. The molecule has 0 aliphatic carbocycles. The van der Waals surface area contributed by atoms with Gasteiger partial charge in [0.1, 0.15) is 5.82 Å². The first-order valence-electron chi connectivity index (χ1n) is 5.40. The predicted octanol–water partition coefficient (Wildman–Crippen LogP) is 1.65. The van der Waals surface area contributed by atoms with Gasteiger partial charge < -0.3 is 9.64 Å². The van der Waals surface area contributed by atoms with Crippen molar-refractivity contribution in [3.63, 3.8) is 0 Å². The zero-order valence-corrected chi connectivity index (χ0v) is 10.6. The lowest BCUT2D eigenvalue weighted by molar-refractivity contribution is -0.117. The van der Waals surface area contributed by atoms with Crippen molar-refractivity contribution in [3.05, 3.63) is 29.6 Å². The third-order valence-corrected chi connectivity index (χ3v) is 3.11. The van der Waals surface area contributed by atoms with Gasteiger partial charge in [-0.15, -0.1) is 0 Å². The van der Waals surface area contributed by atoms with Gasteiger partial charge in [0, 0.05) is 18.2 Å². The first-order chi connectivity index (χ1) is 8.54. The number of nitrogens with zero attached hydrogens (tertiary/aromatic N) is 1. The number of carbonyl (C=O) groups is 2. The topological polar surface area (TPSA) is 46.6 Å². The molecule has 1 aliphatic rings. The van der Waals surface area contributed by atoms with Gasteiger partial charge in [0.05, 0.1) is 18.4 Å². The molecule has 96 valence electrons. The van der Waals surface area contributed by atoms with Gasteiger partial charge in [-0.2, -0.15) is 12.6 Å². The Labute approximate surface area is 109 Å². The van der Waals surface area contributed by atoms with E-state index in [4.69, 9.17) is 0 Å². The number of thiol groups is 1. The number of benzene rings is 1. The molecule has 1 atom stereocenters. The van der Waals surface area contributed by atoms with Crippen LogP contribution < -0.4 is 4.90 Å². The van der Waals surface area contributed by atoms with Gasteiger partial charge in [-0.05, 0) is 12.1 Å². The number of para-hydroxylation sites is 1. The summed E-state index contributed by atoms with van der Waals surface area (Å²) in [6.45, 7) is 0.285. The molecule has 2 rings (SSSR count). The van der Waals surface area contributed by atoms with E-state index in [-0.39, 0.29) is 35.4 Å². The van der Waals surface area contributed by atoms with Crippen molar-refractivity contribution < 1.29 is 18.7 Å². The molecule has 1 unspecified atom stereocenters. The Balaban J connectivity index is 2.49. The van der Waals surface area contributed by atoms with Crippen LogP contribution in [0.25, 0.3) is 0 Å². The van der Waals surface area contributed by atoms with Crippen LogP contribution in [0.4, 0.5) is 10.1 Å². The lowest BCUT2D eigenvalue weighted by Crippen LogP contribution is -2.28. The molecule has 1 amide bonds. The number of methoxy groups -OCH3 is 1. The molecule has 1 aromatic rings. The first-order valence-corrected chi connectivity index (χ1v) is 5.91. The van der Waals surface area contributed by atoms with Gasteiger partial charge >= 0.3 is 5.97 Å². The number of amides is 1. The van der Waals surface area contributed by atoms with Crippen molar-refractivity contribution in [1.82, 2.24) is 0 Å². The molecule has 0 aromatic heterocycles. The van der Waals surface area contributed by atoms with E-state index in [1.165, 1.54) is 30.2 Å². The number of ether oxygens (including phenoxy) is 1. The van der Waals surface area contributed by atoms with Crippen molar-refractivity contribution >= 4 is 30.2 Å². The maximum Gasteiger partial charge on any atom is 0.340 e. The van der Waals surface area contributed by atoms with E-state index in [2.05, 4.69) is 17.4 Å². The molecule has 6 heteroatoms. The van der Waals surface area contributed by atoms with Crippen LogP contribution in [-0.2, 0) is 9.53 Å². The monoisotopic (exact) mass is 269 g/mol. The van der Waals surface area contributed by atoms with E-state index in [9.17, 15) is 14.0 Å². The number of hydrogen-bond acceptors (Lipinski definition) is 4. The highest BCUT2D eigenvalue weighted by atomic mass is 32.1. The molecule has 1 aliphatic heterocycles. The van der Waals surface area contributed by atoms with Gasteiger partial charge in [-0.1, -0.05) is 6.07 Å². The van der Waals surface area contributed by atoms with Gasteiger partial charge in [-0.25, -0.2) is 9.18 Å². The van der Waals surface area contributed by atoms with Gasteiger partial charge in [0.2, 0.25) is 5.91 Å². The van der Waals surface area contributed by atoms with E-state index in [1.807, 2.05) is 0 Å². The number of hydrogen-bond donors (Lipinski definition) is 1. The van der Waals surface area contributed by atoms with Crippen LogP contribution >= 0.6 is 12.6 Å². The maximum absolute atomic E-state index is 13.9. The molecule has 0 spiro atoms. The molecule has 0 saturated carbocycles. The number of esters is 1. The average Bonchev–Trinajstić information content (AvgIpc) is 2.67. The van der Waals surface area contributed by atoms with Crippen LogP contribution in [0, 0.1) is 5.82 Å². The van der Waals surface area contributed by atoms with Crippen molar-refractivity contribution in [2.75, 3.05) is 18.6 Å². The summed E-state index contributed by atoms with van der Waals surface area (Å²) in [6.07, 6.45) is 0.234. The van der Waals surface area contributed by atoms with E-state index < -0.39 is 11.8 Å². The third kappa shape index (κ3) is 2.20. The van der Waals surface area contributed by atoms with E-state index in [0.29, 0.717) is 0 Å². The fourth-order valence-electron chi connectivity index (χ4n) is 1.97. The smallest absolute Gasteiger partial charge is 0.340 e. The predicted molar refractivity (Wildman–Crippen MR) is 67.5 cm³/mol. The summed E-state index contributed by atoms with van der Waals surface area (Å²) in [7, 11) is 1.21. The summed E-state index contributed by atoms with van der Waals surface area (Å²) in [5.41, 5.74) is 0.0270. The van der Waals surface area contributed by atoms with Crippen LogP contribution in [0.1, 0.15) is 16.8 Å².